The van der Waals surface area contributed by atoms with Gasteiger partial charge in [-0.3, -0.25) is 4.99 Å². The van der Waals surface area contributed by atoms with Crippen LogP contribution >= 0.6 is 24.0 Å². The Kier molecular flexibility index (Phi) is 7.69. The maximum absolute atomic E-state index is 13.2. The molecule has 4 N–H and O–H groups in total. The van der Waals surface area contributed by atoms with Crippen LogP contribution in [0.2, 0.25) is 0 Å². The van der Waals surface area contributed by atoms with E-state index in [-0.39, 0.29) is 29.8 Å². The van der Waals surface area contributed by atoms with Gasteiger partial charge in [-0.05, 0) is 43.0 Å². The molecule has 0 atom stereocenters. The minimum absolute atomic E-state index is 0. The Morgan fingerprint density at radius 2 is 2.04 bits per heavy atom. The van der Waals surface area contributed by atoms with Crippen molar-refractivity contribution >= 4 is 40.8 Å². The number of rotatable bonds is 5. The molecule has 1 fully saturated rings. The van der Waals surface area contributed by atoms with Crippen molar-refractivity contribution in [3.63, 3.8) is 0 Å². The summed E-state index contributed by atoms with van der Waals surface area (Å²) in [6.45, 7) is 1.24. The Balaban J connectivity index is 0.00000243. The van der Waals surface area contributed by atoms with Gasteiger partial charge in [0.2, 0.25) is 0 Å². The van der Waals surface area contributed by atoms with Crippen molar-refractivity contribution < 1.29 is 9.50 Å². The van der Waals surface area contributed by atoms with E-state index in [1.807, 2.05) is 12.3 Å². The van der Waals surface area contributed by atoms with E-state index in [1.54, 1.807) is 7.05 Å². The first-order valence-electron chi connectivity index (χ1n) is 9.02. The highest BCUT2D eigenvalue weighted by molar-refractivity contribution is 14.0. The lowest BCUT2D eigenvalue weighted by molar-refractivity contribution is 0.00859. The number of H-pyrrole nitrogens is 1. The monoisotopic (exact) mass is 474 g/mol. The van der Waals surface area contributed by atoms with E-state index < -0.39 is 5.60 Å². The number of aromatic amines is 1. The van der Waals surface area contributed by atoms with Gasteiger partial charge in [0.1, 0.15) is 5.82 Å². The van der Waals surface area contributed by atoms with Gasteiger partial charge in [-0.15, -0.1) is 24.0 Å². The highest BCUT2D eigenvalue weighted by atomic mass is 127. The molecule has 0 aliphatic heterocycles. The molecule has 1 saturated carbocycles. The molecule has 1 heterocycles. The zero-order valence-corrected chi connectivity index (χ0v) is 17.5. The Morgan fingerprint density at radius 3 is 2.77 bits per heavy atom. The summed E-state index contributed by atoms with van der Waals surface area (Å²) in [4.78, 5) is 7.33. The minimum atomic E-state index is -0.614. The van der Waals surface area contributed by atoms with Crippen molar-refractivity contribution in [2.24, 2.45) is 4.99 Å². The summed E-state index contributed by atoms with van der Waals surface area (Å²) in [6, 6.07) is 4.80. The van der Waals surface area contributed by atoms with Crippen LogP contribution in [0.25, 0.3) is 10.9 Å². The van der Waals surface area contributed by atoms with Crippen LogP contribution in [-0.4, -0.2) is 41.8 Å². The van der Waals surface area contributed by atoms with Crippen molar-refractivity contribution in [2.75, 3.05) is 20.1 Å². The van der Waals surface area contributed by atoms with Gasteiger partial charge in [-0.1, -0.05) is 19.3 Å². The van der Waals surface area contributed by atoms with Gasteiger partial charge in [0, 0.05) is 37.2 Å². The van der Waals surface area contributed by atoms with Crippen molar-refractivity contribution in [3.8, 4) is 0 Å². The van der Waals surface area contributed by atoms with Crippen LogP contribution in [0.5, 0.6) is 0 Å². The third-order valence-corrected chi connectivity index (χ3v) is 5.01. The summed E-state index contributed by atoms with van der Waals surface area (Å²) in [5, 5.41) is 18.1. The number of fused-ring (bicyclic) bond motifs is 1. The fourth-order valence-corrected chi connectivity index (χ4v) is 3.54. The number of benzene rings is 1. The molecule has 0 saturated heterocycles. The van der Waals surface area contributed by atoms with Gasteiger partial charge in [0.25, 0.3) is 0 Å². The van der Waals surface area contributed by atoms with E-state index in [0.717, 1.165) is 48.6 Å². The Bertz CT molecular complexity index is 740. The summed E-state index contributed by atoms with van der Waals surface area (Å²) in [7, 11) is 1.73. The molecule has 0 amide bonds. The molecule has 0 radical (unpaired) electrons. The lowest BCUT2D eigenvalue weighted by Crippen LogP contribution is -2.48. The number of halogens is 2. The normalized spacial score (nSPS) is 17.0. The summed E-state index contributed by atoms with van der Waals surface area (Å²) in [6.07, 6.45) is 7.82. The second-order valence-corrected chi connectivity index (χ2v) is 6.89. The van der Waals surface area contributed by atoms with Gasteiger partial charge >= 0.3 is 0 Å². The zero-order valence-electron chi connectivity index (χ0n) is 15.1. The van der Waals surface area contributed by atoms with Crippen molar-refractivity contribution in [3.05, 3.63) is 35.8 Å². The average Bonchev–Trinajstić information content (AvgIpc) is 3.00. The Hall–Kier alpha value is -1.35. The van der Waals surface area contributed by atoms with Crippen LogP contribution in [0, 0.1) is 5.82 Å². The van der Waals surface area contributed by atoms with Gasteiger partial charge < -0.3 is 20.7 Å². The smallest absolute Gasteiger partial charge is 0.191 e. The largest absolute Gasteiger partial charge is 0.388 e. The van der Waals surface area contributed by atoms with Crippen LogP contribution in [0.4, 0.5) is 4.39 Å². The van der Waals surface area contributed by atoms with E-state index in [2.05, 4.69) is 20.6 Å². The second-order valence-electron chi connectivity index (χ2n) is 6.89. The molecule has 0 spiro atoms. The summed E-state index contributed by atoms with van der Waals surface area (Å²) >= 11 is 0. The Morgan fingerprint density at radius 1 is 1.27 bits per heavy atom. The third kappa shape index (κ3) is 5.33. The number of aliphatic hydroxyl groups is 1. The quantitative estimate of drug-likeness (QED) is 0.305. The van der Waals surface area contributed by atoms with E-state index in [0.29, 0.717) is 19.0 Å². The molecule has 3 rings (SSSR count). The number of nitrogens with one attached hydrogen (secondary N) is 3. The molecule has 0 bridgehead atoms. The van der Waals surface area contributed by atoms with Crippen LogP contribution < -0.4 is 10.6 Å². The lowest BCUT2D eigenvalue weighted by atomic mass is 9.85. The number of aromatic nitrogens is 1. The lowest BCUT2D eigenvalue weighted by Gasteiger charge is -2.32. The summed E-state index contributed by atoms with van der Waals surface area (Å²) in [5.74, 6) is 0.467. The minimum Gasteiger partial charge on any atom is -0.388 e. The van der Waals surface area contributed by atoms with Crippen molar-refractivity contribution in [2.45, 2.75) is 44.1 Å². The van der Waals surface area contributed by atoms with Crippen LogP contribution in [0.1, 0.15) is 37.7 Å². The third-order valence-electron chi connectivity index (χ3n) is 5.01. The van der Waals surface area contributed by atoms with E-state index in [9.17, 15) is 9.50 Å². The SMILES string of the molecule is CN=C(NCCc1c[nH]c2cc(F)ccc12)NCC1(O)CCCCC1.I. The highest BCUT2D eigenvalue weighted by Gasteiger charge is 2.29. The molecule has 144 valence electrons. The number of hydrogen-bond donors (Lipinski definition) is 4. The van der Waals surface area contributed by atoms with Gasteiger partial charge in [-0.2, -0.15) is 0 Å². The number of guanidine groups is 1. The molecule has 0 unspecified atom stereocenters. The molecule has 1 aliphatic carbocycles. The predicted octanol–water partition coefficient (Wildman–Crippen LogP) is 3.33. The molecule has 7 heteroatoms. The number of nitrogens with zero attached hydrogens (tertiary/aromatic N) is 1. The number of aliphatic imine (C=N–C) groups is 1. The van der Waals surface area contributed by atoms with E-state index in [1.165, 1.54) is 18.6 Å². The summed E-state index contributed by atoms with van der Waals surface area (Å²) < 4.78 is 13.2. The van der Waals surface area contributed by atoms with Crippen LogP contribution in [0.3, 0.4) is 0 Å². The van der Waals surface area contributed by atoms with Gasteiger partial charge in [-0.25, -0.2) is 4.39 Å². The second kappa shape index (κ2) is 9.55. The highest BCUT2D eigenvalue weighted by Crippen LogP contribution is 2.27. The molecule has 5 nitrogen and oxygen atoms in total. The predicted molar refractivity (Wildman–Crippen MR) is 115 cm³/mol. The molecule has 26 heavy (non-hydrogen) atoms. The van der Waals surface area contributed by atoms with Crippen LogP contribution in [-0.2, 0) is 6.42 Å². The molecular weight excluding hydrogens is 446 g/mol. The fraction of sp³-hybridized carbons (Fsp3) is 0.526. The first kappa shape index (κ1) is 21.0. The molecule has 2 aromatic rings. The first-order valence-corrected chi connectivity index (χ1v) is 9.02. The fourth-order valence-electron chi connectivity index (χ4n) is 3.54. The molecule has 1 aliphatic rings. The first-order chi connectivity index (χ1) is 12.1. The van der Waals surface area contributed by atoms with E-state index >= 15 is 0 Å². The molecular formula is C19H28FIN4O. The standard InChI is InChI=1S/C19H27FN4O.HI/c1-21-18(24-13-19(25)8-3-2-4-9-19)22-10-7-14-12-23-17-11-15(20)5-6-16(14)17;/h5-6,11-12,23,25H,2-4,7-10,13H2,1H3,(H2,21,22,24);1H. The maximum Gasteiger partial charge on any atom is 0.191 e. The molecule has 1 aromatic carbocycles. The van der Waals surface area contributed by atoms with E-state index in [4.69, 9.17) is 0 Å². The Labute approximate surface area is 170 Å². The van der Waals surface area contributed by atoms with Gasteiger partial charge in [0.05, 0.1) is 5.60 Å². The number of hydrogen-bond acceptors (Lipinski definition) is 2. The maximum atomic E-state index is 13.2. The summed E-state index contributed by atoms with van der Waals surface area (Å²) in [5.41, 5.74) is 1.34. The van der Waals surface area contributed by atoms with Gasteiger partial charge in [0.15, 0.2) is 5.96 Å². The van der Waals surface area contributed by atoms with Crippen molar-refractivity contribution in [1.29, 1.82) is 0 Å². The van der Waals surface area contributed by atoms with Crippen LogP contribution in [0.15, 0.2) is 29.4 Å². The molecule has 1 aromatic heterocycles. The van der Waals surface area contributed by atoms with Crippen molar-refractivity contribution in [1.82, 2.24) is 15.6 Å². The zero-order chi connectivity index (χ0) is 17.7. The topological polar surface area (TPSA) is 72.4 Å². The average molecular weight is 474 g/mol.